The maximum absolute atomic E-state index is 11.6. The maximum Gasteiger partial charge on any atom is 0.242 e. The van der Waals surface area contributed by atoms with Gasteiger partial charge in [0.2, 0.25) is 11.8 Å². The molecule has 6 nitrogen and oxygen atoms in total. The van der Waals surface area contributed by atoms with Crippen molar-refractivity contribution in [1.82, 2.24) is 15.5 Å². The molecule has 0 aliphatic rings. The molecule has 0 rings (SSSR count). The van der Waals surface area contributed by atoms with E-state index in [1.54, 1.807) is 11.9 Å². The van der Waals surface area contributed by atoms with Gasteiger partial charge < -0.3 is 20.3 Å². The number of amides is 3. The fourth-order valence-electron chi connectivity index (χ4n) is 1.16. The van der Waals surface area contributed by atoms with Crippen molar-refractivity contribution in [3.63, 3.8) is 0 Å². The third kappa shape index (κ3) is 11.0. The molecule has 0 aromatic heterocycles. The van der Waals surface area contributed by atoms with Crippen molar-refractivity contribution in [3.8, 4) is 0 Å². The molecule has 0 aromatic rings. The van der Waals surface area contributed by atoms with Gasteiger partial charge in [0.1, 0.15) is 0 Å². The first kappa shape index (κ1) is 23.5. The van der Waals surface area contributed by atoms with Crippen LogP contribution in [0, 0.1) is 0 Å². The van der Waals surface area contributed by atoms with Crippen LogP contribution in [0.2, 0.25) is 0 Å². The van der Waals surface area contributed by atoms with Crippen LogP contribution < -0.4 is 10.6 Å². The first-order valence-electron chi connectivity index (χ1n) is 6.93. The summed E-state index contributed by atoms with van der Waals surface area (Å²) in [6, 6.07) is 0. The largest absolute Gasteiger partial charge is 0.520 e. The van der Waals surface area contributed by atoms with Crippen molar-refractivity contribution in [2.45, 2.75) is 53.0 Å². The fourth-order valence-corrected chi connectivity index (χ4v) is 1.16. The number of hydrogen-bond donors (Lipinski definition) is 2. The third-order valence-electron chi connectivity index (χ3n) is 2.32. The zero-order chi connectivity index (χ0) is 16.2. The van der Waals surface area contributed by atoms with Crippen LogP contribution in [0.3, 0.4) is 0 Å². The van der Waals surface area contributed by atoms with Crippen LogP contribution in [0.25, 0.3) is 0 Å². The Morgan fingerprint density at radius 3 is 2.05 bits per heavy atom. The molecular formula is C14H28FmN3O3-. The minimum absolute atomic E-state index is 0. The minimum atomic E-state index is -1.06. The van der Waals surface area contributed by atoms with E-state index in [0.29, 0.717) is 6.54 Å². The average molecular weight is 543 g/mol. The predicted molar refractivity (Wildman–Crippen MR) is 79.8 cm³/mol. The number of carbonyl (C=O) groups is 2. The van der Waals surface area contributed by atoms with Crippen molar-refractivity contribution in [1.29, 1.82) is 0 Å². The zero-order valence-corrected chi connectivity index (χ0v) is 16.2. The van der Waals surface area contributed by atoms with E-state index in [4.69, 9.17) is 0 Å². The van der Waals surface area contributed by atoms with E-state index in [2.05, 4.69) is 24.5 Å². The molecule has 0 aliphatic heterocycles. The van der Waals surface area contributed by atoms with Gasteiger partial charge in [0.25, 0.3) is 0 Å². The van der Waals surface area contributed by atoms with Crippen LogP contribution in [0.1, 0.15) is 47.5 Å². The molecule has 2 N–H and O–H groups in total. The number of carbonyl (C=O) groups excluding carboxylic acids is 3. The topological polar surface area (TPSA) is 78.5 Å². The summed E-state index contributed by atoms with van der Waals surface area (Å²) in [4.78, 5) is 34.9. The molecule has 3 amide bonds. The standard InChI is InChI=1S/C11H20N3O3.C3H8.Fm/c1-5-6-14(4)9(16)7-12-10(17)11(2,3)13-8-15;1-3-2;/h5-7H2,1-4H3,(H,12,17)(H,13,15);3H2,1-2H3;/q-1;;. The Morgan fingerprint density at radius 2 is 1.67 bits per heavy atom. The summed E-state index contributed by atoms with van der Waals surface area (Å²) >= 11 is 0. The van der Waals surface area contributed by atoms with Gasteiger partial charge in [-0.2, -0.15) is 6.41 Å². The summed E-state index contributed by atoms with van der Waals surface area (Å²) in [5, 5.41) is 4.73. The first-order chi connectivity index (χ1) is 9.26. The molecule has 0 saturated heterocycles. The predicted octanol–water partition coefficient (Wildman–Crippen LogP) is 0.823. The second-order valence-corrected chi connectivity index (χ2v) is 5.06. The summed E-state index contributed by atoms with van der Waals surface area (Å²) in [6.07, 6.45) is 3.58. The molecular weight excluding hydrogens is 515 g/mol. The van der Waals surface area contributed by atoms with Crippen LogP contribution >= 0.6 is 0 Å². The molecule has 7 heteroatoms. The van der Waals surface area contributed by atoms with Gasteiger partial charge in [-0.25, -0.2) is 0 Å². The summed E-state index contributed by atoms with van der Waals surface area (Å²) in [7, 11) is 1.68. The summed E-state index contributed by atoms with van der Waals surface area (Å²) in [6.45, 7) is 9.87. The van der Waals surface area contributed by atoms with Gasteiger partial charge in [0, 0.05) is 13.6 Å². The monoisotopic (exact) mass is 543 g/mol. The second-order valence-electron chi connectivity index (χ2n) is 5.06. The van der Waals surface area contributed by atoms with Crippen molar-refractivity contribution in [2.75, 3.05) is 20.1 Å². The summed E-state index contributed by atoms with van der Waals surface area (Å²) in [5.74, 6) is -0.579. The molecule has 0 aromatic carbocycles. The molecule has 0 spiro atoms. The van der Waals surface area contributed by atoms with Crippen molar-refractivity contribution < 1.29 is 14.4 Å². The van der Waals surface area contributed by atoms with Crippen LogP contribution in [0.5, 0.6) is 0 Å². The van der Waals surface area contributed by atoms with Crippen LogP contribution in [0.15, 0.2) is 0 Å². The Hall–Kier alpha value is -2.59. The molecule has 0 radical (unpaired) electrons. The Bertz CT molecular complexity index is 310. The van der Waals surface area contributed by atoms with E-state index >= 15 is 0 Å². The molecule has 0 saturated carbocycles. The van der Waals surface area contributed by atoms with E-state index in [1.807, 2.05) is 6.92 Å². The van der Waals surface area contributed by atoms with E-state index in [9.17, 15) is 14.4 Å². The molecule has 21 heavy (non-hydrogen) atoms. The Kier molecular flexibility index (Phi) is 13.9. The van der Waals surface area contributed by atoms with Crippen LogP contribution in [-0.2, 0) is 14.4 Å². The number of nitrogens with zero attached hydrogens (tertiary/aromatic N) is 1. The molecule has 0 heterocycles. The van der Waals surface area contributed by atoms with Gasteiger partial charge in [-0.15, -0.1) is 0 Å². The number of hydrogen-bond acceptors (Lipinski definition) is 3. The number of likely N-dealkylation sites (N-methyl/N-ethyl adjacent to an activating group) is 1. The van der Waals surface area contributed by atoms with E-state index in [0.717, 1.165) is 6.42 Å². The summed E-state index contributed by atoms with van der Waals surface area (Å²) < 4.78 is 0. The zero-order valence-electron chi connectivity index (χ0n) is 13.8. The second kappa shape index (κ2) is 12.4. The minimum Gasteiger partial charge on any atom is -0.520 e. The smallest absolute Gasteiger partial charge is 0.242 e. The van der Waals surface area contributed by atoms with Gasteiger partial charge in [0.15, 0.2) is 0 Å². The maximum atomic E-state index is 11.6. The van der Waals surface area contributed by atoms with E-state index in [-0.39, 0.29) is 12.5 Å². The van der Waals surface area contributed by atoms with Gasteiger partial charge in [-0.05, 0) is 20.3 Å². The van der Waals surface area contributed by atoms with Crippen LogP contribution in [-0.4, -0.2) is 48.8 Å². The number of rotatable bonds is 7. The first-order valence-corrected chi connectivity index (χ1v) is 6.93. The quantitative estimate of drug-likeness (QED) is 0.369. The van der Waals surface area contributed by atoms with E-state index < -0.39 is 11.4 Å². The van der Waals surface area contributed by atoms with Crippen LogP contribution in [0.4, 0.5) is 0 Å². The van der Waals surface area contributed by atoms with Gasteiger partial charge in [-0.1, -0.05) is 27.2 Å². The van der Waals surface area contributed by atoms with Crippen molar-refractivity contribution in [3.05, 3.63) is 0 Å². The third-order valence-corrected chi connectivity index (χ3v) is 2.32. The normalized spacial score (nSPS) is 9.43. The molecule has 0 unspecified atom stereocenters. The Labute approximate surface area is 122 Å². The SMILES string of the molecule is CCC.CCCN(C)C(=O)CNC(=O)C(C)(C)N[C-]=O.[Fm]. The van der Waals surface area contributed by atoms with Gasteiger partial charge >= 0.3 is 0 Å². The van der Waals surface area contributed by atoms with Gasteiger partial charge in [-0.3, -0.25) is 9.59 Å². The average Bonchev–Trinajstić information content (AvgIpc) is 2.36. The van der Waals surface area contributed by atoms with Crippen molar-refractivity contribution >= 4 is 18.2 Å². The van der Waals surface area contributed by atoms with E-state index in [1.165, 1.54) is 26.7 Å². The fraction of sp³-hybridized carbons (Fsp3) is 0.786. The summed E-state index contributed by atoms with van der Waals surface area (Å²) in [5.41, 5.74) is -1.06. The van der Waals surface area contributed by atoms with Crippen molar-refractivity contribution in [2.24, 2.45) is 0 Å². The molecule has 0 fully saturated rings. The van der Waals surface area contributed by atoms with Gasteiger partial charge in [0.05, 0.1) is 12.1 Å². The number of nitrogens with one attached hydrogen (secondary N) is 2. The molecule has 0 atom stereocenters. The molecule has 0 bridgehead atoms. The molecule has 0 aliphatic carbocycles. The Morgan fingerprint density at radius 1 is 1.19 bits per heavy atom. The Balaban J connectivity index is -0.000000740. The molecule has 130 valence electrons.